The maximum Gasteiger partial charge on any atom is 0.306 e. The second-order valence-corrected chi connectivity index (χ2v) is 3.26. The second kappa shape index (κ2) is 5.97. The molecule has 0 heterocycles. The van der Waals surface area contributed by atoms with Crippen molar-refractivity contribution in [2.75, 3.05) is 13.2 Å². The highest BCUT2D eigenvalue weighted by molar-refractivity contribution is 5.69. The molecule has 0 spiro atoms. The van der Waals surface area contributed by atoms with E-state index in [0.717, 1.165) is 0 Å². The van der Waals surface area contributed by atoms with Crippen LogP contribution in [0.1, 0.15) is 12.0 Å². The Morgan fingerprint density at radius 3 is 2.69 bits per heavy atom. The Morgan fingerprint density at radius 1 is 1.31 bits per heavy atom. The Bertz CT molecular complexity index is 361. The zero-order chi connectivity index (χ0) is 12.0. The zero-order valence-electron chi connectivity index (χ0n) is 8.72. The van der Waals surface area contributed by atoms with E-state index in [1.807, 2.05) is 0 Å². The normalized spacial score (nSPS) is 10.1. The second-order valence-electron chi connectivity index (χ2n) is 3.26. The summed E-state index contributed by atoms with van der Waals surface area (Å²) in [6, 6.07) is 4.20. The van der Waals surface area contributed by atoms with Crippen molar-refractivity contribution >= 4 is 5.97 Å². The van der Waals surface area contributed by atoms with E-state index in [9.17, 15) is 9.90 Å². The number of aromatic hydroxyl groups is 2. The molecular weight excluding hydrogens is 212 g/mol. The number of hydrogen-bond donors (Lipinski definition) is 3. The fourth-order valence-corrected chi connectivity index (χ4v) is 1.23. The lowest BCUT2D eigenvalue weighted by Crippen LogP contribution is -2.09. The first-order valence-corrected chi connectivity index (χ1v) is 4.91. The molecular formula is C11H14O5. The van der Waals surface area contributed by atoms with Gasteiger partial charge in [0.1, 0.15) is 18.1 Å². The molecule has 5 heteroatoms. The molecule has 1 rings (SSSR count). The summed E-state index contributed by atoms with van der Waals surface area (Å²) in [4.78, 5) is 11.1. The van der Waals surface area contributed by atoms with E-state index in [1.165, 1.54) is 12.1 Å². The van der Waals surface area contributed by atoms with Crippen molar-refractivity contribution < 1.29 is 24.9 Å². The Hall–Kier alpha value is -1.75. The standard InChI is InChI=1S/C11H14O5/c12-5-6-16-11(15)4-2-8-1-3-9(13)7-10(8)14/h1,3,7,12-14H,2,4-6H2. The highest BCUT2D eigenvalue weighted by atomic mass is 16.5. The van der Waals surface area contributed by atoms with E-state index in [-0.39, 0.29) is 31.1 Å². The van der Waals surface area contributed by atoms with Crippen molar-refractivity contribution in [1.29, 1.82) is 0 Å². The maximum atomic E-state index is 11.1. The lowest BCUT2D eigenvalue weighted by Gasteiger charge is -2.05. The van der Waals surface area contributed by atoms with Gasteiger partial charge in [0.05, 0.1) is 6.61 Å². The van der Waals surface area contributed by atoms with E-state index in [0.29, 0.717) is 12.0 Å². The summed E-state index contributed by atoms with van der Waals surface area (Å²) in [6.45, 7) is -0.212. The lowest BCUT2D eigenvalue weighted by molar-refractivity contribution is -0.144. The average molecular weight is 226 g/mol. The van der Waals surface area contributed by atoms with Crippen LogP contribution in [0.15, 0.2) is 18.2 Å². The third-order valence-corrected chi connectivity index (χ3v) is 2.02. The average Bonchev–Trinajstić information content (AvgIpc) is 2.25. The number of carbonyl (C=O) groups excluding carboxylic acids is 1. The first-order valence-electron chi connectivity index (χ1n) is 4.91. The predicted molar refractivity (Wildman–Crippen MR) is 56.1 cm³/mol. The number of carbonyl (C=O) groups is 1. The van der Waals surface area contributed by atoms with Gasteiger partial charge in [-0.2, -0.15) is 0 Å². The fourth-order valence-electron chi connectivity index (χ4n) is 1.23. The molecule has 0 unspecified atom stereocenters. The summed E-state index contributed by atoms with van der Waals surface area (Å²) < 4.78 is 4.66. The molecule has 0 amide bonds. The number of phenols is 2. The maximum absolute atomic E-state index is 11.1. The van der Waals surface area contributed by atoms with Gasteiger partial charge in [0.15, 0.2) is 0 Å². The van der Waals surface area contributed by atoms with Gasteiger partial charge in [-0.25, -0.2) is 0 Å². The summed E-state index contributed by atoms with van der Waals surface area (Å²) in [5, 5.41) is 26.9. The van der Waals surface area contributed by atoms with Crippen LogP contribution >= 0.6 is 0 Å². The molecule has 1 aromatic rings. The number of aryl methyl sites for hydroxylation is 1. The molecule has 0 bridgehead atoms. The van der Waals surface area contributed by atoms with Gasteiger partial charge in [0, 0.05) is 12.5 Å². The molecule has 16 heavy (non-hydrogen) atoms. The van der Waals surface area contributed by atoms with E-state index < -0.39 is 5.97 Å². The third kappa shape index (κ3) is 3.78. The minimum atomic E-state index is -0.429. The van der Waals surface area contributed by atoms with E-state index in [2.05, 4.69) is 4.74 Å². The lowest BCUT2D eigenvalue weighted by atomic mass is 10.1. The minimum Gasteiger partial charge on any atom is -0.508 e. The molecule has 0 aromatic heterocycles. The van der Waals surface area contributed by atoms with Crippen LogP contribution in [0.2, 0.25) is 0 Å². The quantitative estimate of drug-likeness (QED) is 0.639. The van der Waals surface area contributed by atoms with Crippen molar-refractivity contribution in [3.8, 4) is 11.5 Å². The smallest absolute Gasteiger partial charge is 0.306 e. The highest BCUT2D eigenvalue weighted by Gasteiger charge is 2.07. The Kier molecular flexibility index (Phi) is 4.60. The van der Waals surface area contributed by atoms with Crippen molar-refractivity contribution in [2.45, 2.75) is 12.8 Å². The first-order chi connectivity index (χ1) is 7.63. The number of aliphatic hydroxyl groups is 1. The van der Waals surface area contributed by atoms with Crippen LogP contribution in [0.25, 0.3) is 0 Å². The molecule has 3 N–H and O–H groups in total. The van der Waals surface area contributed by atoms with E-state index >= 15 is 0 Å². The van der Waals surface area contributed by atoms with Gasteiger partial charge in [-0.3, -0.25) is 4.79 Å². The van der Waals surface area contributed by atoms with Gasteiger partial charge in [-0.05, 0) is 18.1 Å². The number of aliphatic hydroxyl groups excluding tert-OH is 1. The zero-order valence-corrected chi connectivity index (χ0v) is 8.72. The van der Waals surface area contributed by atoms with Crippen molar-refractivity contribution in [1.82, 2.24) is 0 Å². The molecule has 0 atom stereocenters. The number of phenolic OH excluding ortho intramolecular Hbond substituents is 2. The SMILES string of the molecule is O=C(CCc1ccc(O)cc1O)OCCO. The Labute approximate surface area is 92.9 Å². The van der Waals surface area contributed by atoms with E-state index in [1.54, 1.807) is 6.07 Å². The Morgan fingerprint density at radius 2 is 2.06 bits per heavy atom. The molecule has 88 valence electrons. The van der Waals surface area contributed by atoms with Crippen LogP contribution in [-0.2, 0) is 16.0 Å². The van der Waals surface area contributed by atoms with Gasteiger partial charge >= 0.3 is 5.97 Å². The molecule has 0 aliphatic carbocycles. The molecule has 0 saturated carbocycles. The summed E-state index contributed by atoms with van der Waals surface area (Å²) in [5.74, 6) is -0.499. The molecule has 0 radical (unpaired) electrons. The van der Waals surface area contributed by atoms with Gasteiger partial charge in [-0.15, -0.1) is 0 Å². The minimum absolute atomic E-state index is 0.0135. The monoisotopic (exact) mass is 226 g/mol. The predicted octanol–water partition coefficient (Wildman–Crippen LogP) is 0.566. The summed E-state index contributed by atoms with van der Waals surface area (Å²) in [5.41, 5.74) is 0.568. The van der Waals surface area contributed by atoms with Gasteiger partial charge in [0.25, 0.3) is 0 Å². The first kappa shape index (κ1) is 12.3. The number of benzene rings is 1. The summed E-state index contributed by atoms with van der Waals surface area (Å²) >= 11 is 0. The van der Waals surface area contributed by atoms with Gasteiger partial charge in [-0.1, -0.05) is 6.07 Å². The fraction of sp³-hybridized carbons (Fsp3) is 0.364. The van der Waals surface area contributed by atoms with Crippen LogP contribution in [-0.4, -0.2) is 34.5 Å². The molecule has 0 fully saturated rings. The van der Waals surface area contributed by atoms with E-state index in [4.69, 9.17) is 10.2 Å². The van der Waals surface area contributed by atoms with Crippen molar-refractivity contribution in [2.24, 2.45) is 0 Å². The largest absolute Gasteiger partial charge is 0.508 e. The molecule has 1 aromatic carbocycles. The molecule has 0 aliphatic heterocycles. The number of ether oxygens (including phenoxy) is 1. The van der Waals surface area contributed by atoms with Crippen LogP contribution in [0.3, 0.4) is 0 Å². The third-order valence-electron chi connectivity index (χ3n) is 2.02. The molecule has 0 aliphatic rings. The van der Waals surface area contributed by atoms with Crippen molar-refractivity contribution in [3.05, 3.63) is 23.8 Å². The summed E-state index contributed by atoms with van der Waals surface area (Å²) in [7, 11) is 0. The topological polar surface area (TPSA) is 87.0 Å². The number of esters is 1. The van der Waals surface area contributed by atoms with Gasteiger partial charge < -0.3 is 20.1 Å². The number of hydrogen-bond acceptors (Lipinski definition) is 5. The molecule has 0 saturated heterocycles. The van der Waals surface area contributed by atoms with Crippen LogP contribution in [0.5, 0.6) is 11.5 Å². The highest BCUT2D eigenvalue weighted by Crippen LogP contribution is 2.23. The van der Waals surface area contributed by atoms with Crippen molar-refractivity contribution in [3.63, 3.8) is 0 Å². The Balaban J connectivity index is 2.45. The summed E-state index contributed by atoms with van der Waals surface area (Å²) in [6.07, 6.45) is 0.453. The number of rotatable bonds is 5. The van der Waals surface area contributed by atoms with Crippen LogP contribution < -0.4 is 0 Å². The van der Waals surface area contributed by atoms with Crippen LogP contribution in [0.4, 0.5) is 0 Å². The van der Waals surface area contributed by atoms with Crippen LogP contribution in [0, 0.1) is 0 Å². The van der Waals surface area contributed by atoms with Gasteiger partial charge in [0.2, 0.25) is 0 Å². The molecule has 5 nitrogen and oxygen atoms in total.